The van der Waals surface area contributed by atoms with Crippen molar-refractivity contribution in [3.63, 3.8) is 0 Å². The van der Waals surface area contributed by atoms with Gasteiger partial charge in [-0.25, -0.2) is 0 Å². The summed E-state index contributed by atoms with van der Waals surface area (Å²) in [7, 11) is 4.06. The third-order valence-corrected chi connectivity index (χ3v) is 2.77. The van der Waals surface area contributed by atoms with Gasteiger partial charge < -0.3 is 4.90 Å². The molecule has 1 aromatic rings. The van der Waals surface area contributed by atoms with Crippen LogP contribution in [0.2, 0.25) is 0 Å². The maximum atomic E-state index is 9.21. The van der Waals surface area contributed by atoms with Gasteiger partial charge in [0.2, 0.25) is 0 Å². The molecule has 92 valence electrons. The molecular formula is C14H21N3. The molecule has 0 radical (unpaired) electrons. The molecule has 1 unspecified atom stereocenters. The predicted molar refractivity (Wildman–Crippen MR) is 70.8 cm³/mol. The summed E-state index contributed by atoms with van der Waals surface area (Å²) in [6, 6.07) is 8.33. The second-order valence-electron chi connectivity index (χ2n) is 4.68. The van der Waals surface area contributed by atoms with Crippen LogP contribution in [0.5, 0.6) is 0 Å². The molecule has 0 aliphatic rings. The topological polar surface area (TPSA) is 39.1 Å². The quantitative estimate of drug-likeness (QED) is 0.842. The zero-order valence-electron chi connectivity index (χ0n) is 11.1. The smallest absolute Gasteiger partial charge is 0.121 e. The molecule has 0 aliphatic carbocycles. The molecular weight excluding hydrogens is 210 g/mol. The molecule has 0 fully saturated rings. The van der Waals surface area contributed by atoms with Gasteiger partial charge in [-0.15, -0.1) is 0 Å². The first-order valence-corrected chi connectivity index (χ1v) is 5.89. The Morgan fingerprint density at radius 1 is 1.35 bits per heavy atom. The van der Waals surface area contributed by atoms with Crippen LogP contribution < -0.4 is 5.32 Å². The van der Waals surface area contributed by atoms with Crippen LogP contribution in [-0.2, 0) is 0 Å². The second-order valence-corrected chi connectivity index (χ2v) is 4.68. The van der Waals surface area contributed by atoms with Gasteiger partial charge >= 0.3 is 0 Å². The first-order valence-electron chi connectivity index (χ1n) is 5.89. The Labute approximate surface area is 104 Å². The van der Waals surface area contributed by atoms with Crippen LogP contribution in [0, 0.1) is 25.2 Å². The van der Waals surface area contributed by atoms with Crippen molar-refractivity contribution < 1.29 is 0 Å². The van der Waals surface area contributed by atoms with Crippen molar-refractivity contribution in [3.05, 3.63) is 34.9 Å². The Morgan fingerprint density at radius 3 is 2.59 bits per heavy atom. The number of nitriles is 1. The SMILES string of the molecule is Cc1ccc(C(C#N)NCCN(C)C)c(C)c1. The maximum Gasteiger partial charge on any atom is 0.121 e. The zero-order chi connectivity index (χ0) is 12.8. The first kappa shape index (κ1) is 13.7. The molecule has 1 N–H and O–H groups in total. The highest BCUT2D eigenvalue weighted by Crippen LogP contribution is 2.18. The van der Waals surface area contributed by atoms with E-state index in [2.05, 4.69) is 42.3 Å². The van der Waals surface area contributed by atoms with Crippen molar-refractivity contribution in [1.82, 2.24) is 10.2 Å². The molecule has 17 heavy (non-hydrogen) atoms. The van der Waals surface area contributed by atoms with Gasteiger partial charge in [-0.1, -0.05) is 23.8 Å². The minimum atomic E-state index is -0.212. The van der Waals surface area contributed by atoms with E-state index in [0.29, 0.717) is 0 Å². The number of hydrogen-bond donors (Lipinski definition) is 1. The van der Waals surface area contributed by atoms with Crippen LogP contribution in [0.15, 0.2) is 18.2 Å². The molecule has 3 nitrogen and oxygen atoms in total. The second kappa shape index (κ2) is 6.39. The summed E-state index contributed by atoms with van der Waals surface area (Å²) in [6.45, 7) is 5.87. The molecule has 3 heteroatoms. The van der Waals surface area contributed by atoms with Crippen molar-refractivity contribution in [2.24, 2.45) is 0 Å². The monoisotopic (exact) mass is 231 g/mol. The Morgan fingerprint density at radius 2 is 2.06 bits per heavy atom. The third kappa shape index (κ3) is 4.18. The van der Waals surface area contributed by atoms with Crippen LogP contribution >= 0.6 is 0 Å². The van der Waals surface area contributed by atoms with Crippen molar-refractivity contribution in [1.29, 1.82) is 5.26 Å². The minimum Gasteiger partial charge on any atom is -0.308 e. The Bertz CT molecular complexity index is 404. The lowest BCUT2D eigenvalue weighted by molar-refractivity contribution is 0.395. The number of hydrogen-bond acceptors (Lipinski definition) is 3. The lowest BCUT2D eigenvalue weighted by atomic mass is 10.00. The van der Waals surface area contributed by atoms with Crippen LogP contribution in [-0.4, -0.2) is 32.1 Å². The molecule has 0 heterocycles. The number of rotatable bonds is 5. The highest BCUT2D eigenvalue weighted by molar-refractivity contribution is 5.35. The summed E-state index contributed by atoms with van der Waals surface area (Å²) >= 11 is 0. The summed E-state index contributed by atoms with van der Waals surface area (Å²) in [5.41, 5.74) is 3.49. The van der Waals surface area contributed by atoms with E-state index in [1.807, 2.05) is 20.2 Å². The standard InChI is InChI=1S/C14H21N3/c1-11-5-6-13(12(2)9-11)14(10-15)16-7-8-17(3)4/h5-6,9,14,16H,7-8H2,1-4H3. The Balaban J connectivity index is 2.70. The zero-order valence-corrected chi connectivity index (χ0v) is 11.1. The lowest BCUT2D eigenvalue weighted by Gasteiger charge is -2.16. The van der Waals surface area contributed by atoms with Crippen molar-refractivity contribution >= 4 is 0 Å². The van der Waals surface area contributed by atoms with E-state index < -0.39 is 0 Å². The predicted octanol–water partition coefficient (Wildman–Crippen LogP) is 2.02. The van der Waals surface area contributed by atoms with Gasteiger partial charge in [0.15, 0.2) is 0 Å². The third-order valence-electron chi connectivity index (χ3n) is 2.77. The fourth-order valence-electron chi connectivity index (χ4n) is 1.81. The maximum absolute atomic E-state index is 9.21. The van der Waals surface area contributed by atoms with Crippen LogP contribution in [0.25, 0.3) is 0 Å². The first-order chi connectivity index (χ1) is 8.04. The summed E-state index contributed by atoms with van der Waals surface area (Å²) < 4.78 is 0. The van der Waals surface area contributed by atoms with Crippen LogP contribution in [0.1, 0.15) is 22.7 Å². The van der Waals surface area contributed by atoms with Gasteiger partial charge in [0, 0.05) is 13.1 Å². The van der Waals surface area contributed by atoms with E-state index >= 15 is 0 Å². The summed E-state index contributed by atoms with van der Waals surface area (Å²) in [6.07, 6.45) is 0. The summed E-state index contributed by atoms with van der Waals surface area (Å²) in [4.78, 5) is 2.10. The fourth-order valence-corrected chi connectivity index (χ4v) is 1.81. The van der Waals surface area contributed by atoms with E-state index in [9.17, 15) is 5.26 Å². The van der Waals surface area contributed by atoms with Crippen LogP contribution in [0.3, 0.4) is 0 Å². The van der Waals surface area contributed by atoms with Crippen molar-refractivity contribution in [2.45, 2.75) is 19.9 Å². The lowest BCUT2D eigenvalue weighted by Crippen LogP contribution is -2.29. The number of likely N-dealkylation sites (N-methyl/N-ethyl adjacent to an activating group) is 1. The van der Waals surface area contributed by atoms with Crippen molar-refractivity contribution in [2.75, 3.05) is 27.2 Å². The van der Waals surface area contributed by atoms with Gasteiger partial charge in [-0.05, 0) is 39.1 Å². The average Bonchev–Trinajstić information content (AvgIpc) is 2.25. The van der Waals surface area contributed by atoms with Gasteiger partial charge in [0.05, 0.1) is 6.07 Å². The molecule has 0 aliphatic heterocycles. The van der Waals surface area contributed by atoms with E-state index in [1.54, 1.807) is 0 Å². The van der Waals surface area contributed by atoms with Gasteiger partial charge in [-0.2, -0.15) is 5.26 Å². The summed E-state index contributed by atoms with van der Waals surface area (Å²) in [5.74, 6) is 0. The van der Waals surface area contributed by atoms with Gasteiger partial charge in [-0.3, -0.25) is 5.32 Å². The van der Waals surface area contributed by atoms with Gasteiger partial charge in [0.25, 0.3) is 0 Å². The molecule has 1 atom stereocenters. The average molecular weight is 231 g/mol. The molecule has 0 aromatic heterocycles. The molecule has 0 spiro atoms. The number of nitrogens with zero attached hydrogens (tertiary/aromatic N) is 2. The number of nitrogens with one attached hydrogen (secondary N) is 1. The molecule has 0 bridgehead atoms. The summed E-state index contributed by atoms with van der Waals surface area (Å²) in [5, 5.41) is 12.5. The van der Waals surface area contributed by atoms with E-state index in [-0.39, 0.29) is 6.04 Å². The van der Waals surface area contributed by atoms with E-state index in [0.717, 1.165) is 18.7 Å². The van der Waals surface area contributed by atoms with E-state index in [4.69, 9.17) is 0 Å². The Kier molecular flexibility index (Phi) is 5.14. The van der Waals surface area contributed by atoms with Crippen LogP contribution in [0.4, 0.5) is 0 Å². The minimum absolute atomic E-state index is 0.212. The molecule has 1 rings (SSSR count). The number of benzene rings is 1. The normalized spacial score (nSPS) is 12.5. The van der Waals surface area contributed by atoms with E-state index in [1.165, 1.54) is 11.1 Å². The molecule has 1 aromatic carbocycles. The molecule has 0 saturated carbocycles. The van der Waals surface area contributed by atoms with Gasteiger partial charge in [0.1, 0.15) is 6.04 Å². The fraction of sp³-hybridized carbons (Fsp3) is 0.500. The molecule has 0 saturated heterocycles. The number of aryl methyl sites for hydroxylation is 2. The molecule has 0 amide bonds. The highest BCUT2D eigenvalue weighted by atomic mass is 15.1. The Hall–Kier alpha value is -1.37. The van der Waals surface area contributed by atoms with Crippen molar-refractivity contribution in [3.8, 4) is 6.07 Å². The largest absolute Gasteiger partial charge is 0.308 e. The highest BCUT2D eigenvalue weighted by Gasteiger charge is 2.11.